The van der Waals surface area contributed by atoms with Gasteiger partial charge in [0.1, 0.15) is 5.82 Å². The van der Waals surface area contributed by atoms with Gasteiger partial charge in [-0.15, -0.1) is 0 Å². The number of nitrogens with zero attached hydrogens (tertiary/aromatic N) is 2. The molecular formula is C12H19N5O2. The molecule has 104 valence electrons. The maximum absolute atomic E-state index is 12.0. The molecule has 7 nitrogen and oxygen atoms in total. The van der Waals surface area contributed by atoms with Gasteiger partial charge in [0, 0.05) is 32.0 Å². The van der Waals surface area contributed by atoms with Gasteiger partial charge in [0.25, 0.3) is 0 Å². The van der Waals surface area contributed by atoms with E-state index in [9.17, 15) is 9.59 Å². The predicted octanol–water partition coefficient (Wildman–Crippen LogP) is -0.591. The first-order valence-electron chi connectivity index (χ1n) is 6.48. The zero-order valence-electron chi connectivity index (χ0n) is 11.0. The van der Waals surface area contributed by atoms with Gasteiger partial charge in [-0.25, -0.2) is 4.98 Å². The molecule has 1 aromatic rings. The topological polar surface area (TPSA) is 90.1 Å². The van der Waals surface area contributed by atoms with E-state index in [4.69, 9.17) is 0 Å². The lowest BCUT2D eigenvalue weighted by Gasteiger charge is -2.20. The second-order valence-corrected chi connectivity index (χ2v) is 4.57. The second kappa shape index (κ2) is 6.33. The lowest BCUT2D eigenvalue weighted by Crippen LogP contribution is -2.45. The molecule has 0 saturated carbocycles. The Hall–Kier alpha value is -1.89. The van der Waals surface area contributed by atoms with Crippen molar-refractivity contribution in [3.63, 3.8) is 0 Å². The number of nitrogens with one attached hydrogen (secondary N) is 3. The molecule has 1 unspecified atom stereocenters. The molecule has 2 amide bonds. The van der Waals surface area contributed by atoms with Crippen LogP contribution in [0.4, 0.5) is 0 Å². The number of rotatable bonds is 2. The predicted molar refractivity (Wildman–Crippen MR) is 69.2 cm³/mol. The van der Waals surface area contributed by atoms with Crippen LogP contribution in [0.3, 0.4) is 0 Å². The van der Waals surface area contributed by atoms with Gasteiger partial charge in [-0.3, -0.25) is 9.59 Å². The van der Waals surface area contributed by atoms with Crippen molar-refractivity contribution in [3.8, 4) is 0 Å². The minimum Gasteiger partial charge on any atom is -0.347 e. The Morgan fingerprint density at radius 2 is 2.26 bits per heavy atom. The molecule has 1 aliphatic heterocycles. The van der Waals surface area contributed by atoms with E-state index in [1.165, 1.54) is 0 Å². The Bertz CT molecular complexity index is 423. The normalized spacial score (nSPS) is 17.6. The molecule has 7 heteroatoms. The van der Waals surface area contributed by atoms with Gasteiger partial charge in [0.05, 0.1) is 6.04 Å². The maximum atomic E-state index is 12.0. The molecule has 0 radical (unpaired) electrons. The smallest absolute Gasteiger partial charge is 0.311 e. The van der Waals surface area contributed by atoms with E-state index >= 15 is 0 Å². The first-order valence-corrected chi connectivity index (χ1v) is 6.48. The van der Waals surface area contributed by atoms with Crippen molar-refractivity contribution in [2.24, 2.45) is 0 Å². The summed E-state index contributed by atoms with van der Waals surface area (Å²) in [5, 5.41) is 5.85. The summed E-state index contributed by atoms with van der Waals surface area (Å²) in [4.78, 5) is 32.5. The van der Waals surface area contributed by atoms with Crippen LogP contribution >= 0.6 is 0 Å². The number of carbonyl (C=O) groups excluding carboxylic acids is 2. The minimum atomic E-state index is -0.578. The molecule has 2 heterocycles. The van der Waals surface area contributed by atoms with Crippen molar-refractivity contribution in [3.05, 3.63) is 18.2 Å². The van der Waals surface area contributed by atoms with E-state index in [0.29, 0.717) is 18.9 Å². The molecule has 0 aliphatic carbocycles. The Labute approximate surface area is 111 Å². The highest BCUT2D eigenvalue weighted by molar-refractivity contribution is 6.35. The van der Waals surface area contributed by atoms with Gasteiger partial charge in [-0.1, -0.05) is 0 Å². The van der Waals surface area contributed by atoms with Crippen LogP contribution in [-0.2, 0) is 9.59 Å². The summed E-state index contributed by atoms with van der Waals surface area (Å²) >= 11 is 0. The third kappa shape index (κ3) is 3.54. The first kappa shape index (κ1) is 13.5. The van der Waals surface area contributed by atoms with Crippen LogP contribution < -0.4 is 10.6 Å². The van der Waals surface area contributed by atoms with Crippen molar-refractivity contribution in [2.45, 2.75) is 19.4 Å². The van der Waals surface area contributed by atoms with E-state index in [1.807, 2.05) is 0 Å². The average Bonchev–Trinajstić information content (AvgIpc) is 2.81. The lowest BCUT2D eigenvalue weighted by molar-refractivity contribution is -0.146. The van der Waals surface area contributed by atoms with Crippen LogP contribution in [0.2, 0.25) is 0 Å². The first-order chi connectivity index (χ1) is 9.18. The number of carbonyl (C=O) groups is 2. The fraction of sp³-hybridized carbons (Fsp3) is 0.583. The van der Waals surface area contributed by atoms with Crippen LogP contribution in [0.1, 0.15) is 25.2 Å². The third-order valence-electron chi connectivity index (χ3n) is 3.10. The fourth-order valence-corrected chi connectivity index (χ4v) is 2.03. The standard InChI is InChI=1S/C12H19N5O2/c1-9(10-14-4-5-15-10)16-11(18)12(19)17-7-2-3-13-6-8-17/h4-5,9,13H,2-3,6-8H2,1H3,(H,14,15)(H,16,18). The Morgan fingerprint density at radius 1 is 1.42 bits per heavy atom. The third-order valence-corrected chi connectivity index (χ3v) is 3.10. The van der Waals surface area contributed by atoms with Crippen molar-refractivity contribution in [1.29, 1.82) is 0 Å². The fourth-order valence-electron chi connectivity index (χ4n) is 2.03. The van der Waals surface area contributed by atoms with E-state index in [-0.39, 0.29) is 6.04 Å². The SMILES string of the molecule is CC(NC(=O)C(=O)N1CCCNCC1)c1ncc[nH]1. The minimum absolute atomic E-state index is 0.309. The zero-order chi connectivity index (χ0) is 13.7. The summed E-state index contributed by atoms with van der Waals surface area (Å²) in [6.45, 7) is 4.59. The van der Waals surface area contributed by atoms with Crippen molar-refractivity contribution in [1.82, 2.24) is 25.5 Å². The van der Waals surface area contributed by atoms with E-state index in [1.54, 1.807) is 24.2 Å². The lowest BCUT2D eigenvalue weighted by atomic mass is 10.3. The van der Waals surface area contributed by atoms with E-state index < -0.39 is 11.8 Å². The van der Waals surface area contributed by atoms with Gasteiger partial charge in [-0.2, -0.15) is 0 Å². The zero-order valence-corrected chi connectivity index (χ0v) is 11.0. The highest BCUT2D eigenvalue weighted by Gasteiger charge is 2.24. The molecular weight excluding hydrogens is 246 g/mol. The summed E-state index contributed by atoms with van der Waals surface area (Å²) in [7, 11) is 0. The van der Waals surface area contributed by atoms with Gasteiger partial charge in [0.2, 0.25) is 0 Å². The van der Waals surface area contributed by atoms with E-state index in [2.05, 4.69) is 20.6 Å². The number of hydrogen-bond donors (Lipinski definition) is 3. The van der Waals surface area contributed by atoms with E-state index in [0.717, 1.165) is 19.5 Å². The van der Waals surface area contributed by atoms with Gasteiger partial charge < -0.3 is 20.5 Å². The molecule has 1 aliphatic rings. The van der Waals surface area contributed by atoms with Gasteiger partial charge >= 0.3 is 11.8 Å². The molecule has 1 fully saturated rings. The molecule has 19 heavy (non-hydrogen) atoms. The summed E-state index contributed by atoms with van der Waals surface area (Å²) in [5.74, 6) is -0.411. The summed E-state index contributed by atoms with van der Waals surface area (Å²) in [6.07, 6.45) is 4.16. The largest absolute Gasteiger partial charge is 0.347 e. The molecule has 1 saturated heterocycles. The average molecular weight is 265 g/mol. The highest BCUT2D eigenvalue weighted by atomic mass is 16.2. The molecule has 0 spiro atoms. The van der Waals surface area contributed by atoms with Crippen LogP contribution in [0, 0.1) is 0 Å². The van der Waals surface area contributed by atoms with Crippen molar-refractivity contribution >= 4 is 11.8 Å². The number of hydrogen-bond acceptors (Lipinski definition) is 4. The van der Waals surface area contributed by atoms with Crippen LogP contribution in [-0.4, -0.2) is 52.9 Å². The van der Waals surface area contributed by atoms with Crippen LogP contribution in [0.5, 0.6) is 0 Å². The molecule has 1 atom stereocenters. The molecule has 2 rings (SSSR count). The number of H-pyrrole nitrogens is 1. The number of aromatic amines is 1. The summed E-state index contributed by atoms with van der Waals surface area (Å²) < 4.78 is 0. The highest BCUT2D eigenvalue weighted by Crippen LogP contribution is 2.05. The molecule has 0 bridgehead atoms. The second-order valence-electron chi connectivity index (χ2n) is 4.57. The summed E-state index contributed by atoms with van der Waals surface area (Å²) in [5.41, 5.74) is 0. The molecule has 0 aromatic carbocycles. The number of amides is 2. The van der Waals surface area contributed by atoms with Gasteiger partial charge in [-0.05, 0) is 19.9 Å². The Kier molecular flexibility index (Phi) is 4.51. The van der Waals surface area contributed by atoms with Crippen molar-refractivity contribution in [2.75, 3.05) is 26.2 Å². The van der Waals surface area contributed by atoms with Crippen molar-refractivity contribution < 1.29 is 9.59 Å². The van der Waals surface area contributed by atoms with Crippen LogP contribution in [0.25, 0.3) is 0 Å². The number of aromatic nitrogens is 2. The Morgan fingerprint density at radius 3 is 3.00 bits per heavy atom. The van der Waals surface area contributed by atoms with Gasteiger partial charge in [0.15, 0.2) is 0 Å². The quantitative estimate of drug-likeness (QED) is 0.623. The summed E-state index contributed by atoms with van der Waals surface area (Å²) in [6, 6.07) is -0.309. The monoisotopic (exact) mass is 265 g/mol. The number of imidazole rings is 1. The maximum Gasteiger partial charge on any atom is 0.311 e. The van der Waals surface area contributed by atoms with Crippen LogP contribution in [0.15, 0.2) is 12.4 Å². The molecule has 1 aromatic heterocycles. The molecule has 3 N–H and O–H groups in total. The Balaban J connectivity index is 1.89.